The zero-order valence-electron chi connectivity index (χ0n) is 16.5. The number of alkyl halides is 3. The fourth-order valence-electron chi connectivity index (χ4n) is 4.10. The maximum Gasteiger partial charge on any atom is 0.471 e. The molecule has 0 aromatic rings. The van der Waals surface area contributed by atoms with Crippen molar-refractivity contribution in [1.82, 2.24) is 9.80 Å². The first-order chi connectivity index (χ1) is 12.1. The van der Waals surface area contributed by atoms with Gasteiger partial charge in [0.05, 0.1) is 7.11 Å². The minimum Gasteiger partial charge on any atom is -0.468 e. The number of methoxy groups -OCH3 is 1. The Labute approximate surface area is 157 Å². The van der Waals surface area contributed by atoms with Crippen molar-refractivity contribution in [2.45, 2.75) is 46.8 Å². The smallest absolute Gasteiger partial charge is 0.468 e. The van der Waals surface area contributed by atoms with Crippen LogP contribution < -0.4 is 0 Å². The highest BCUT2D eigenvalue weighted by molar-refractivity contribution is 5.93. The normalized spacial score (nSPS) is 24.9. The molecular weight excluding hydrogens is 365 g/mol. The first-order valence-corrected chi connectivity index (χ1v) is 8.85. The van der Waals surface area contributed by atoms with E-state index in [1.165, 1.54) is 4.90 Å². The van der Waals surface area contributed by atoms with E-state index in [0.717, 1.165) is 7.11 Å². The molecule has 154 valence electrons. The molecule has 3 atom stereocenters. The van der Waals surface area contributed by atoms with Crippen LogP contribution in [0.3, 0.4) is 0 Å². The monoisotopic (exact) mass is 392 g/mol. The lowest BCUT2D eigenvalue weighted by atomic mass is 9.84. The van der Waals surface area contributed by atoms with Gasteiger partial charge in [-0.1, -0.05) is 34.6 Å². The van der Waals surface area contributed by atoms with Crippen LogP contribution in [0.25, 0.3) is 0 Å². The largest absolute Gasteiger partial charge is 0.471 e. The third kappa shape index (κ3) is 4.06. The number of carbonyl (C=O) groups is 3. The van der Waals surface area contributed by atoms with Crippen LogP contribution >= 0.6 is 0 Å². The predicted molar refractivity (Wildman–Crippen MR) is 90.4 cm³/mol. The van der Waals surface area contributed by atoms with Gasteiger partial charge in [-0.05, 0) is 22.7 Å². The van der Waals surface area contributed by atoms with Gasteiger partial charge in [0, 0.05) is 13.1 Å². The lowest BCUT2D eigenvalue weighted by Crippen LogP contribution is -2.60. The number of carbonyl (C=O) groups excluding carboxylic acids is 3. The summed E-state index contributed by atoms with van der Waals surface area (Å²) in [5, 5.41) is 0. The van der Waals surface area contributed by atoms with E-state index in [1.807, 2.05) is 0 Å². The van der Waals surface area contributed by atoms with Crippen molar-refractivity contribution in [2.75, 3.05) is 26.7 Å². The van der Waals surface area contributed by atoms with E-state index in [4.69, 9.17) is 0 Å². The summed E-state index contributed by atoms with van der Waals surface area (Å²) in [5.41, 5.74) is -0.879. The molecule has 0 radical (unpaired) electrons. The van der Waals surface area contributed by atoms with Crippen molar-refractivity contribution >= 4 is 17.8 Å². The Kier molecular flexibility index (Phi) is 5.31. The van der Waals surface area contributed by atoms with E-state index in [-0.39, 0.29) is 5.41 Å². The summed E-state index contributed by atoms with van der Waals surface area (Å²) in [6.07, 6.45) is -5.20. The van der Waals surface area contributed by atoms with Gasteiger partial charge in [-0.25, -0.2) is 0 Å². The molecule has 2 rings (SSSR count). The highest BCUT2D eigenvalue weighted by Crippen LogP contribution is 2.62. The molecule has 2 aliphatic rings. The first-order valence-electron chi connectivity index (χ1n) is 8.85. The summed E-state index contributed by atoms with van der Waals surface area (Å²) in [6.45, 7) is 8.89. The molecule has 1 saturated heterocycles. The Morgan fingerprint density at radius 1 is 1.15 bits per heavy atom. The Morgan fingerprint density at radius 3 is 2.00 bits per heavy atom. The summed E-state index contributed by atoms with van der Waals surface area (Å²) in [5.74, 6) is -3.16. The predicted octanol–water partition coefficient (Wildman–Crippen LogP) is 2.08. The van der Waals surface area contributed by atoms with Gasteiger partial charge < -0.3 is 14.5 Å². The van der Waals surface area contributed by atoms with Crippen LogP contribution in [0.5, 0.6) is 0 Å². The summed E-state index contributed by atoms with van der Waals surface area (Å²) >= 11 is 0. The number of hydrogen-bond acceptors (Lipinski definition) is 4. The van der Waals surface area contributed by atoms with Gasteiger partial charge >= 0.3 is 18.1 Å². The SMILES string of the molecule is COC(=O)CN(C(=O)C(F)(F)F)[C@H](C(=O)N1C[C@@H]2[C@H](C1)C2(C)C)C(C)(C)C. The van der Waals surface area contributed by atoms with E-state index in [9.17, 15) is 27.6 Å². The molecule has 0 spiro atoms. The quantitative estimate of drug-likeness (QED) is 0.687. The average Bonchev–Trinajstić information content (AvgIpc) is 2.89. The van der Waals surface area contributed by atoms with E-state index < -0.39 is 42.0 Å². The minimum atomic E-state index is -5.20. The van der Waals surface area contributed by atoms with E-state index in [2.05, 4.69) is 18.6 Å². The molecule has 0 aromatic heterocycles. The molecule has 1 aliphatic heterocycles. The number of piperidine rings is 1. The topological polar surface area (TPSA) is 66.9 Å². The molecule has 1 heterocycles. The number of ether oxygens (including phenoxy) is 1. The van der Waals surface area contributed by atoms with Crippen molar-refractivity contribution in [2.24, 2.45) is 22.7 Å². The average molecular weight is 392 g/mol. The summed E-state index contributed by atoms with van der Waals surface area (Å²) in [7, 11) is 1.02. The standard InChI is InChI=1S/C18H27F3N2O4/c1-16(2,3)13(14(25)22-7-10-11(8-22)17(10,4)5)23(9-12(24)27-6)15(26)18(19,20)21/h10-11,13H,7-9H2,1-6H3/t10-,11+,13-/m1/s1. The number of halogens is 3. The molecular formula is C18H27F3N2O4. The minimum absolute atomic E-state index is 0.126. The van der Waals surface area contributed by atoms with Gasteiger partial charge in [-0.2, -0.15) is 13.2 Å². The van der Waals surface area contributed by atoms with Crippen LogP contribution in [-0.4, -0.2) is 66.5 Å². The Balaban J connectivity index is 2.32. The fraction of sp³-hybridized carbons (Fsp3) is 0.833. The molecule has 0 N–H and O–H groups in total. The maximum absolute atomic E-state index is 13.1. The second-order valence-corrected chi connectivity index (χ2v) is 9.05. The van der Waals surface area contributed by atoms with Crippen molar-refractivity contribution in [3.05, 3.63) is 0 Å². The molecule has 6 nitrogen and oxygen atoms in total. The molecule has 0 unspecified atom stereocenters. The van der Waals surface area contributed by atoms with Crippen LogP contribution in [0.4, 0.5) is 13.2 Å². The molecule has 0 aromatic carbocycles. The van der Waals surface area contributed by atoms with Gasteiger partial charge in [0.2, 0.25) is 5.91 Å². The van der Waals surface area contributed by atoms with E-state index in [0.29, 0.717) is 29.8 Å². The molecule has 2 fully saturated rings. The van der Waals surface area contributed by atoms with Crippen molar-refractivity contribution in [3.63, 3.8) is 0 Å². The summed E-state index contributed by atoms with van der Waals surface area (Å²) in [4.78, 5) is 38.6. The Hall–Kier alpha value is -1.80. The zero-order valence-corrected chi connectivity index (χ0v) is 16.5. The van der Waals surface area contributed by atoms with Crippen molar-refractivity contribution < 1.29 is 32.3 Å². The van der Waals surface area contributed by atoms with Crippen LogP contribution in [0.15, 0.2) is 0 Å². The first kappa shape index (κ1) is 21.5. The van der Waals surface area contributed by atoms with Crippen molar-refractivity contribution in [3.8, 4) is 0 Å². The molecule has 9 heteroatoms. The summed E-state index contributed by atoms with van der Waals surface area (Å²) in [6, 6.07) is -1.42. The van der Waals surface area contributed by atoms with Gasteiger partial charge in [-0.15, -0.1) is 0 Å². The molecule has 0 bridgehead atoms. The second-order valence-electron chi connectivity index (χ2n) is 9.05. The van der Waals surface area contributed by atoms with E-state index >= 15 is 0 Å². The Bertz CT molecular complexity index is 625. The zero-order chi connectivity index (χ0) is 20.9. The fourth-order valence-corrected chi connectivity index (χ4v) is 4.10. The lowest BCUT2D eigenvalue weighted by Gasteiger charge is -2.41. The molecule has 1 saturated carbocycles. The number of hydrogen-bond donors (Lipinski definition) is 0. The summed E-state index contributed by atoms with van der Waals surface area (Å²) < 4.78 is 43.9. The number of rotatable bonds is 4. The van der Waals surface area contributed by atoms with Gasteiger partial charge in [0.1, 0.15) is 12.6 Å². The number of likely N-dealkylation sites (tertiary alicyclic amines) is 1. The lowest BCUT2D eigenvalue weighted by molar-refractivity contribution is -0.193. The van der Waals surface area contributed by atoms with E-state index in [1.54, 1.807) is 20.8 Å². The maximum atomic E-state index is 13.1. The molecule has 1 aliphatic carbocycles. The third-order valence-corrected chi connectivity index (χ3v) is 5.83. The number of amides is 2. The number of fused-ring (bicyclic) bond motifs is 1. The van der Waals surface area contributed by atoms with Gasteiger partial charge in [0.25, 0.3) is 0 Å². The molecule has 2 amide bonds. The third-order valence-electron chi connectivity index (χ3n) is 5.83. The van der Waals surface area contributed by atoms with Crippen LogP contribution in [0.2, 0.25) is 0 Å². The second kappa shape index (κ2) is 6.67. The van der Waals surface area contributed by atoms with Crippen LogP contribution in [0.1, 0.15) is 34.6 Å². The Morgan fingerprint density at radius 2 is 1.63 bits per heavy atom. The van der Waals surface area contributed by atoms with Gasteiger partial charge in [-0.3, -0.25) is 14.4 Å². The highest BCUT2D eigenvalue weighted by atomic mass is 19.4. The van der Waals surface area contributed by atoms with Gasteiger partial charge in [0.15, 0.2) is 0 Å². The van der Waals surface area contributed by atoms with Crippen LogP contribution in [-0.2, 0) is 19.1 Å². The number of esters is 1. The number of nitrogens with zero attached hydrogens (tertiary/aromatic N) is 2. The van der Waals surface area contributed by atoms with Crippen molar-refractivity contribution in [1.29, 1.82) is 0 Å². The highest BCUT2D eigenvalue weighted by Gasteiger charge is 2.63. The van der Waals surface area contributed by atoms with Crippen LogP contribution in [0, 0.1) is 22.7 Å². The molecule has 27 heavy (non-hydrogen) atoms.